The minimum atomic E-state index is -0.287. The van der Waals surface area contributed by atoms with Gasteiger partial charge in [-0.2, -0.15) is 5.26 Å². The van der Waals surface area contributed by atoms with E-state index in [1.54, 1.807) is 6.07 Å². The lowest BCUT2D eigenvalue weighted by molar-refractivity contribution is 0.305. The smallest absolute Gasteiger partial charge is 0.127 e. The Morgan fingerprint density at radius 2 is 1.81 bits per heavy atom. The van der Waals surface area contributed by atoms with Crippen LogP contribution in [-0.2, 0) is 6.61 Å². The van der Waals surface area contributed by atoms with Crippen LogP contribution in [-0.4, -0.2) is 0 Å². The van der Waals surface area contributed by atoms with Crippen LogP contribution in [0.3, 0.4) is 0 Å². The van der Waals surface area contributed by atoms with Crippen LogP contribution < -0.4 is 4.74 Å². The number of ether oxygens (including phenoxy) is 1. The summed E-state index contributed by atoms with van der Waals surface area (Å²) in [6.45, 7) is 2.27. The predicted molar refractivity (Wildman–Crippen MR) is 102 cm³/mol. The highest BCUT2D eigenvalue weighted by molar-refractivity contribution is 5.90. The van der Waals surface area contributed by atoms with Crippen molar-refractivity contribution in [2.45, 2.75) is 13.5 Å². The molecule has 2 nitrogen and oxygen atoms in total. The molecular formula is C23H18FNO. The Morgan fingerprint density at radius 1 is 1.04 bits per heavy atom. The molecule has 3 rings (SSSR count). The molecule has 0 atom stereocenters. The standard InChI is InChI=1S/C23H18FNO/c1-17-9-11-19(12-10-17)21(15-25)14-20-6-2-3-8-23(20)26-16-18-5-4-7-22(24)13-18/h2-14H,16H2,1H3/b21-14-. The molecule has 0 aliphatic rings. The third-order valence-corrected chi connectivity index (χ3v) is 3.99. The van der Waals surface area contributed by atoms with E-state index in [2.05, 4.69) is 6.07 Å². The van der Waals surface area contributed by atoms with Gasteiger partial charge in [-0.1, -0.05) is 60.2 Å². The van der Waals surface area contributed by atoms with E-state index in [0.29, 0.717) is 11.3 Å². The molecule has 0 bridgehead atoms. The number of benzene rings is 3. The molecule has 0 saturated heterocycles. The minimum absolute atomic E-state index is 0.259. The van der Waals surface area contributed by atoms with Gasteiger partial charge in [0.05, 0.1) is 11.6 Å². The molecule has 0 radical (unpaired) electrons. The molecule has 128 valence electrons. The monoisotopic (exact) mass is 343 g/mol. The average Bonchev–Trinajstić information content (AvgIpc) is 2.66. The van der Waals surface area contributed by atoms with Gasteiger partial charge in [0.2, 0.25) is 0 Å². The lowest BCUT2D eigenvalue weighted by atomic mass is 10.0. The fourth-order valence-electron chi connectivity index (χ4n) is 2.59. The zero-order valence-corrected chi connectivity index (χ0v) is 14.4. The molecular weight excluding hydrogens is 325 g/mol. The molecule has 0 spiro atoms. The van der Waals surface area contributed by atoms with Crippen molar-refractivity contribution in [3.8, 4) is 11.8 Å². The molecule has 0 aromatic heterocycles. The van der Waals surface area contributed by atoms with Gasteiger partial charge in [0.25, 0.3) is 0 Å². The SMILES string of the molecule is Cc1ccc(/C(C#N)=C\c2ccccc2OCc2cccc(F)c2)cc1. The summed E-state index contributed by atoms with van der Waals surface area (Å²) >= 11 is 0. The number of hydrogen-bond donors (Lipinski definition) is 0. The molecule has 0 amide bonds. The fraction of sp³-hybridized carbons (Fsp3) is 0.0870. The van der Waals surface area contributed by atoms with Crippen molar-refractivity contribution in [1.29, 1.82) is 5.26 Å². The predicted octanol–water partition coefficient (Wildman–Crippen LogP) is 5.78. The largest absolute Gasteiger partial charge is 0.488 e. The summed E-state index contributed by atoms with van der Waals surface area (Å²) in [5.41, 5.74) is 4.12. The normalized spacial score (nSPS) is 11.0. The van der Waals surface area contributed by atoms with Crippen molar-refractivity contribution in [1.82, 2.24) is 0 Å². The highest BCUT2D eigenvalue weighted by Crippen LogP contribution is 2.25. The van der Waals surface area contributed by atoms with E-state index >= 15 is 0 Å². The Hall–Kier alpha value is -3.38. The Kier molecular flexibility index (Phi) is 5.46. The van der Waals surface area contributed by atoms with Gasteiger partial charge in [-0.05, 0) is 42.3 Å². The second kappa shape index (κ2) is 8.13. The molecule has 0 heterocycles. The summed E-state index contributed by atoms with van der Waals surface area (Å²) in [6, 6.07) is 23.9. The molecule has 0 saturated carbocycles. The second-order valence-electron chi connectivity index (χ2n) is 5.99. The average molecular weight is 343 g/mol. The number of nitrogens with zero attached hydrogens (tertiary/aromatic N) is 1. The lowest BCUT2D eigenvalue weighted by Crippen LogP contribution is -1.97. The van der Waals surface area contributed by atoms with Crippen LogP contribution in [0.5, 0.6) is 5.75 Å². The van der Waals surface area contributed by atoms with Crippen molar-refractivity contribution < 1.29 is 9.13 Å². The van der Waals surface area contributed by atoms with Crippen LogP contribution in [0.4, 0.5) is 4.39 Å². The molecule has 0 unspecified atom stereocenters. The van der Waals surface area contributed by atoms with Crippen molar-refractivity contribution >= 4 is 11.6 Å². The Morgan fingerprint density at radius 3 is 2.54 bits per heavy atom. The molecule has 3 heteroatoms. The highest BCUT2D eigenvalue weighted by atomic mass is 19.1. The van der Waals surface area contributed by atoms with E-state index in [0.717, 1.165) is 22.3 Å². The Balaban J connectivity index is 1.86. The summed E-state index contributed by atoms with van der Waals surface area (Å²) in [5, 5.41) is 9.54. The van der Waals surface area contributed by atoms with Gasteiger partial charge in [-0.25, -0.2) is 4.39 Å². The topological polar surface area (TPSA) is 33.0 Å². The molecule has 0 fully saturated rings. The second-order valence-corrected chi connectivity index (χ2v) is 5.99. The number of nitriles is 1. The first-order valence-corrected chi connectivity index (χ1v) is 8.31. The van der Waals surface area contributed by atoms with Crippen LogP contribution >= 0.6 is 0 Å². The number of allylic oxidation sites excluding steroid dienone is 1. The molecule has 0 aliphatic carbocycles. The molecule has 3 aromatic carbocycles. The van der Waals surface area contributed by atoms with Gasteiger partial charge in [-0.3, -0.25) is 0 Å². The number of halogens is 1. The summed E-state index contributed by atoms with van der Waals surface area (Å²) in [7, 11) is 0. The molecule has 26 heavy (non-hydrogen) atoms. The number of hydrogen-bond acceptors (Lipinski definition) is 2. The molecule has 0 N–H and O–H groups in total. The van der Waals surface area contributed by atoms with E-state index in [4.69, 9.17) is 4.74 Å². The van der Waals surface area contributed by atoms with Gasteiger partial charge in [0.15, 0.2) is 0 Å². The van der Waals surface area contributed by atoms with E-state index in [1.807, 2.05) is 67.6 Å². The zero-order valence-electron chi connectivity index (χ0n) is 14.4. The van der Waals surface area contributed by atoms with Crippen molar-refractivity contribution in [2.75, 3.05) is 0 Å². The van der Waals surface area contributed by atoms with Gasteiger partial charge < -0.3 is 4.74 Å². The van der Waals surface area contributed by atoms with Crippen LogP contribution in [0.15, 0.2) is 72.8 Å². The third kappa shape index (κ3) is 4.37. The minimum Gasteiger partial charge on any atom is -0.488 e. The van der Waals surface area contributed by atoms with E-state index < -0.39 is 0 Å². The lowest BCUT2D eigenvalue weighted by Gasteiger charge is -2.10. The fourth-order valence-corrected chi connectivity index (χ4v) is 2.59. The number of para-hydroxylation sites is 1. The highest BCUT2D eigenvalue weighted by Gasteiger charge is 2.06. The number of rotatable bonds is 5. The van der Waals surface area contributed by atoms with Crippen molar-refractivity contribution in [3.63, 3.8) is 0 Å². The van der Waals surface area contributed by atoms with E-state index in [9.17, 15) is 9.65 Å². The maximum Gasteiger partial charge on any atom is 0.127 e. The summed E-state index contributed by atoms with van der Waals surface area (Å²) in [6.07, 6.45) is 1.81. The van der Waals surface area contributed by atoms with Crippen molar-refractivity contribution in [3.05, 3.63) is 101 Å². The summed E-state index contributed by atoms with van der Waals surface area (Å²) < 4.78 is 19.2. The first kappa shape index (κ1) is 17.4. The van der Waals surface area contributed by atoms with Gasteiger partial charge in [-0.15, -0.1) is 0 Å². The van der Waals surface area contributed by atoms with Crippen LogP contribution in [0.25, 0.3) is 11.6 Å². The maximum atomic E-state index is 13.3. The summed E-state index contributed by atoms with van der Waals surface area (Å²) in [4.78, 5) is 0. The van der Waals surface area contributed by atoms with E-state index in [-0.39, 0.29) is 12.4 Å². The first-order chi connectivity index (χ1) is 12.7. The first-order valence-electron chi connectivity index (χ1n) is 8.31. The zero-order chi connectivity index (χ0) is 18.4. The maximum absolute atomic E-state index is 13.3. The van der Waals surface area contributed by atoms with Crippen LogP contribution in [0.2, 0.25) is 0 Å². The van der Waals surface area contributed by atoms with E-state index in [1.165, 1.54) is 12.1 Å². The van der Waals surface area contributed by atoms with Crippen molar-refractivity contribution in [2.24, 2.45) is 0 Å². The number of aryl methyl sites for hydroxylation is 1. The molecule has 0 aliphatic heterocycles. The Bertz CT molecular complexity index is 968. The van der Waals surface area contributed by atoms with Gasteiger partial charge >= 0.3 is 0 Å². The van der Waals surface area contributed by atoms with Gasteiger partial charge in [0.1, 0.15) is 18.2 Å². The van der Waals surface area contributed by atoms with Crippen LogP contribution in [0, 0.1) is 24.1 Å². The van der Waals surface area contributed by atoms with Crippen LogP contribution in [0.1, 0.15) is 22.3 Å². The summed E-state index contributed by atoms with van der Waals surface area (Å²) in [5.74, 6) is 0.363. The molecule has 3 aromatic rings. The Labute approximate surface area is 152 Å². The quantitative estimate of drug-likeness (QED) is 0.435. The van der Waals surface area contributed by atoms with Gasteiger partial charge in [0, 0.05) is 5.56 Å². The third-order valence-electron chi connectivity index (χ3n) is 3.99.